The Labute approximate surface area is 146 Å². The van der Waals surface area contributed by atoms with E-state index in [0.29, 0.717) is 0 Å². The predicted octanol–water partition coefficient (Wildman–Crippen LogP) is 4.37. The molecule has 0 aliphatic heterocycles. The van der Waals surface area contributed by atoms with Crippen molar-refractivity contribution in [3.8, 4) is 0 Å². The monoisotopic (exact) mass is 393 g/mol. The number of fused-ring (bicyclic) bond motifs is 1. The second kappa shape index (κ2) is 6.75. The summed E-state index contributed by atoms with van der Waals surface area (Å²) in [5, 5.41) is 0. The maximum atomic E-state index is 12.5. The third-order valence-electron chi connectivity index (χ3n) is 4.33. The van der Waals surface area contributed by atoms with E-state index < -0.39 is 10.0 Å². The number of nitrogens with one attached hydrogen (secondary N) is 1. The van der Waals surface area contributed by atoms with Crippen molar-refractivity contribution in [2.45, 2.75) is 43.5 Å². The van der Waals surface area contributed by atoms with E-state index in [2.05, 4.69) is 32.8 Å². The molecule has 0 bridgehead atoms. The van der Waals surface area contributed by atoms with Crippen LogP contribution >= 0.6 is 15.9 Å². The van der Waals surface area contributed by atoms with E-state index in [0.717, 1.165) is 22.9 Å². The fourth-order valence-electron chi connectivity index (χ4n) is 3.01. The largest absolute Gasteiger partial charge is 0.241 e. The molecule has 2 aromatic rings. The summed E-state index contributed by atoms with van der Waals surface area (Å²) in [6, 6.07) is 12.8. The highest BCUT2D eigenvalue weighted by Crippen LogP contribution is 2.25. The van der Waals surface area contributed by atoms with Crippen molar-refractivity contribution in [3.05, 3.63) is 63.6 Å². The lowest BCUT2D eigenvalue weighted by molar-refractivity contribution is 0.566. The van der Waals surface area contributed by atoms with Crippen LogP contribution in [0.5, 0.6) is 0 Å². The van der Waals surface area contributed by atoms with E-state index in [9.17, 15) is 8.42 Å². The maximum absolute atomic E-state index is 12.5. The van der Waals surface area contributed by atoms with Crippen molar-refractivity contribution in [1.29, 1.82) is 0 Å². The highest BCUT2D eigenvalue weighted by Gasteiger charge is 2.19. The van der Waals surface area contributed by atoms with Crippen molar-refractivity contribution in [1.82, 2.24) is 4.72 Å². The van der Waals surface area contributed by atoms with Gasteiger partial charge in [-0.05, 0) is 73.6 Å². The summed E-state index contributed by atoms with van der Waals surface area (Å²) in [6.07, 6.45) is 4.69. The van der Waals surface area contributed by atoms with Crippen LogP contribution in [0.4, 0.5) is 0 Å². The van der Waals surface area contributed by atoms with Crippen LogP contribution in [-0.2, 0) is 22.9 Å². The Hall–Kier alpha value is -1.17. The van der Waals surface area contributed by atoms with Gasteiger partial charge in [-0.2, -0.15) is 0 Å². The Morgan fingerprint density at radius 2 is 1.65 bits per heavy atom. The van der Waals surface area contributed by atoms with Crippen LogP contribution in [0.3, 0.4) is 0 Å². The van der Waals surface area contributed by atoms with Gasteiger partial charge in [0.05, 0.1) is 4.90 Å². The Kier molecular flexibility index (Phi) is 4.90. The number of benzene rings is 2. The topological polar surface area (TPSA) is 46.2 Å². The van der Waals surface area contributed by atoms with Crippen molar-refractivity contribution in [2.75, 3.05) is 0 Å². The first kappa shape index (κ1) is 16.7. The summed E-state index contributed by atoms with van der Waals surface area (Å²) in [6.45, 7) is 1.89. The zero-order chi connectivity index (χ0) is 16.4. The molecule has 1 aliphatic rings. The molecule has 5 heteroatoms. The van der Waals surface area contributed by atoms with Crippen LogP contribution in [0, 0.1) is 0 Å². The molecule has 1 atom stereocenters. The van der Waals surface area contributed by atoms with E-state index in [1.54, 1.807) is 24.3 Å². The van der Waals surface area contributed by atoms with Gasteiger partial charge in [-0.3, -0.25) is 0 Å². The molecular weight excluding hydrogens is 374 g/mol. The first-order chi connectivity index (χ1) is 11.0. The van der Waals surface area contributed by atoms with Crippen LogP contribution < -0.4 is 4.72 Å². The van der Waals surface area contributed by atoms with Gasteiger partial charge < -0.3 is 0 Å². The number of halogens is 1. The first-order valence-corrected chi connectivity index (χ1v) is 10.1. The minimum atomic E-state index is -3.52. The molecule has 1 aliphatic carbocycles. The standard InChI is InChI=1S/C18H20BrNO2S/c1-13(15-7-6-14-4-2-3-5-16(14)12-15)20-23(21,22)18-10-8-17(19)9-11-18/h6-13,20H,2-5H2,1H3. The highest BCUT2D eigenvalue weighted by atomic mass is 79.9. The molecule has 3 rings (SSSR count). The third kappa shape index (κ3) is 3.84. The minimum absolute atomic E-state index is 0.254. The molecular formula is C18H20BrNO2S. The van der Waals surface area contributed by atoms with Crippen molar-refractivity contribution in [2.24, 2.45) is 0 Å². The summed E-state index contributed by atoms with van der Waals surface area (Å²) in [5.74, 6) is 0. The molecule has 0 aromatic heterocycles. The lowest BCUT2D eigenvalue weighted by Gasteiger charge is -2.20. The van der Waals surface area contributed by atoms with Gasteiger partial charge in [-0.1, -0.05) is 34.1 Å². The summed E-state index contributed by atoms with van der Waals surface area (Å²) in [7, 11) is -3.52. The number of aryl methyl sites for hydroxylation is 2. The van der Waals surface area contributed by atoms with Gasteiger partial charge in [0, 0.05) is 10.5 Å². The average molecular weight is 394 g/mol. The normalized spacial score (nSPS) is 15.9. The fourth-order valence-corrected chi connectivity index (χ4v) is 4.50. The SMILES string of the molecule is CC(NS(=O)(=O)c1ccc(Br)cc1)c1ccc2c(c1)CCCC2. The van der Waals surface area contributed by atoms with E-state index in [4.69, 9.17) is 0 Å². The van der Waals surface area contributed by atoms with Crippen LogP contribution in [0.25, 0.3) is 0 Å². The number of hydrogen-bond donors (Lipinski definition) is 1. The highest BCUT2D eigenvalue weighted by molar-refractivity contribution is 9.10. The molecule has 0 amide bonds. The Bertz CT molecular complexity index is 800. The Balaban J connectivity index is 1.80. The van der Waals surface area contributed by atoms with E-state index >= 15 is 0 Å². The van der Waals surface area contributed by atoms with Crippen molar-refractivity contribution in [3.63, 3.8) is 0 Å². The summed E-state index contributed by atoms with van der Waals surface area (Å²) in [4.78, 5) is 0.283. The zero-order valence-electron chi connectivity index (χ0n) is 13.0. The van der Waals surface area contributed by atoms with Gasteiger partial charge in [0.15, 0.2) is 0 Å². The van der Waals surface area contributed by atoms with E-state index in [1.807, 2.05) is 13.0 Å². The van der Waals surface area contributed by atoms with Crippen LogP contribution in [0.15, 0.2) is 51.8 Å². The van der Waals surface area contributed by atoms with Gasteiger partial charge >= 0.3 is 0 Å². The number of sulfonamides is 1. The van der Waals surface area contributed by atoms with E-state index in [1.165, 1.54) is 24.0 Å². The van der Waals surface area contributed by atoms with Crippen LogP contribution in [-0.4, -0.2) is 8.42 Å². The first-order valence-electron chi connectivity index (χ1n) is 7.85. The average Bonchev–Trinajstić information content (AvgIpc) is 2.54. The second-order valence-electron chi connectivity index (χ2n) is 6.03. The minimum Gasteiger partial charge on any atom is -0.207 e. The molecule has 23 heavy (non-hydrogen) atoms. The lowest BCUT2D eigenvalue weighted by atomic mass is 9.89. The van der Waals surface area contributed by atoms with Crippen molar-refractivity contribution >= 4 is 26.0 Å². The fraction of sp³-hybridized carbons (Fsp3) is 0.333. The third-order valence-corrected chi connectivity index (χ3v) is 6.41. The van der Waals surface area contributed by atoms with Gasteiger partial charge in [0.1, 0.15) is 0 Å². The lowest BCUT2D eigenvalue weighted by Crippen LogP contribution is -2.27. The predicted molar refractivity (Wildman–Crippen MR) is 96.0 cm³/mol. The molecule has 0 fully saturated rings. The smallest absolute Gasteiger partial charge is 0.207 e. The Morgan fingerprint density at radius 3 is 2.35 bits per heavy atom. The van der Waals surface area contributed by atoms with E-state index in [-0.39, 0.29) is 10.9 Å². The van der Waals surface area contributed by atoms with Crippen LogP contribution in [0.2, 0.25) is 0 Å². The molecule has 0 heterocycles. The number of hydrogen-bond acceptors (Lipinski definition) is 2. The second-order valence-corrected chi connectivity index (χ2v) is 8.66. The summed E-state index contributed by atoms with van der Waals surface area (Å²) < 4.78 is 28.6. The van der Waals surface area contributed by atoms with Crippen molar-refractivity contribution < 1.29 is 8.42 Å². The van der Waals surface area contributed by atoms with Gasteiger partial charge in [-0.15, -0.1) is 0 Å². The van der Waals surface area contributed by atoms with Crippen LogP contribution in [0.1, 0.15) is 42.5 Å². The molecule has 122 valence electrons. The van der Waals surface area contributed by atoms with Gasteiger partial charge in [-0.25, -0.2) is 13.1 Å². The molecule has 0 saturated carbocycles. The maximum Gasteiger partial charge on any atom is 0.241 e. The molecule has 0 radical (unpaired) electrons. The summed E-state index contributed by atoms with van der Waals surface area (Å²) >= 11 is 3.32. The summed E-state index contributed by atoms with van der Waals surface area (Å²) in [5.41, 5.74) is 3.79. The molecule has 1 N–H and O–H groups in total. The van der Waals surface area contributed by atoms with Gasteiger partial charge in [0.2, 0.25) is 10.0 Å². The zero-order valence-corrected chi connectivity index (χ0v) is 15.5. The molecule has 2 aromatic carbocycles. The number of rotatable bonds is 4. The quantitative estimate of drug-likeness (QED) is 0.837. The molecule has 3 nitrogen and oxygen atoms in total. The molecule has 1 unspecified atom stereocenters. The Morgan fingerprint density at radius 1 is 1.00 bits per heavy atom. The van der Waals surface area contributed by atoms with Gasteiger partial charge in [0.25, 0.3) is 0 Å². The molecule has 0 saturated heterocycles. The molecule has 0 spiro atoms.